The average Bonchev–Trinajstić information content (AvgIpc) is 3.41. The Morgan fingerprint density at radius 3 is 1.92 bits per heavy atom. The minimum Gasteiger partial charge on any atom is -1.00 e. The molecule has 184 valence electrons. The van der Waals surface area contributed by atoms with Crippen LogP contribution in [-0.4, -0.2) is 35.0 Å². The van der Waals surface area contributed by atoms with Crippen molar-refractivity contribution in [2.45, 2.75) is 30.1 Å². The summed E-state index contributed by atoms with van der Waals surface area (Å²) < 4.78 is 20.7. The molecule has 1 saturated heterocycles. The number of hydrogen-bond donors (Lipinski definition) is 2. The van der Waals surface area contributed by atoms with Gasteiger partial charge in [0.25, 0.3) is 0 Å². The van der Waals surface area contributed by atoms with E-state index in [2.05, 4.69) is 41.4 Å². The molecule has 0 saturated carbocycles. The molecule has 0 spiro atoms. The molecular weight excluding hydrogens is 478 g/mol. The van der Waals surface area contributed by atoms with Crippen LogP contribution in [0.15, 0.2) is 103 Å². The van der Waals surface area contributed by atoms with Gasteiger partial charge in [-0.1, -0.05) is 91.0 Å². The van der Waals surface area contributed by atoms with E-state index in [4.69, 9.17) is 19.9 Å². The molecular formula is C28H26ClN3O4. The van der Waals surface area contributed by atoms with Crippen molar-refractivity contribution in [1.82, 2.24) is 4.98 Å². The maximum atomic E-state index is 11.1. The van der Waals surface area contributed by atoms with Gasteiger partial charge in [-0.25, -0.2) is 0 Å². The van der Waals surface area contributed by atoms with Crippen LogP contribution in [0.1, 0.15) is 22.9 Å². The van der Waals surface area contributed by atoms with Crippen molar-refractivity contribution in [3.8, 4) is 6.01 Å². The van der Waals surface area contributed by atoms with E-state index in [1.807, 2.05) is 54.6 Å². The molecule has 3 heterocycles. The molecule has 4 atom stereocenters. The largest absolute Gasteiger partial charge is 1.00 e. The molecule has 36 heavy (non-hydrogen) atoms. The molecule has 1 fully saturated rings. The number of nitrogens with two attached hydrogens (primary N) is 1. The first-order valence-corrected chi connectivity index (χ1v) is 11.7. The number of aliphatic hydroxyl groups is 1. The lowest BCUT2D eigenvalue weighted by molar-refractivity contribution is -0.746. The van der Waals surface area contributed by atoms with Gasteiger partial charge < -0.3 is 37.5 Å². The first-order chi connectivity index (χ1) is 17.2. The minimum atomic E-state index is -0.900. The number of rotatable bonds is 6. The third-order valence-corrected chi connectivity index (χ3v) is 6.69. The van der Waals surface area contributed by atoms with Crippen molar-refractivity contribution in [2.75, 3.05) is 12.3 Å². The Morgan fingerprint density at radius 1 is 0.861 bits per heavy atom. The highest BCUT2D eigenvalue weighted by Gasteiger charge is 2.56. The maximum absolute atomic E-state index is 11.1. The maximum Gasteiger partial charge on any atom is 0.503 e. The van der Waals surface area contributed by atoms with Crippen molar-refractivity contribution >= 4 is 5.82 Å². The fourth-order valence-corrected chi connectivity index (χ4v) is 5.01. The molecule has 0 aliphatic carbocycles. The fraction of sp³-hybridized carbons (Fsp3) is 0.214. The van der Waals surface area contributed by atoms with E-state index in [1.54, 1.807) is 16.8 Å². The van der Waals surface area contributed by atoms with Crippen LogP contribution in [0.5, 0.6) is 6.01 Å². The number of halogens is 1. The number of nitrogen functional groups attached to an aromatic ring is 1. The zero-order valence-electron chi connectivity index (χ0n) is 19.4. The van der Waals surface area contributed by atoms with Gasteiger partial charge in [-0.2, -0.15) is 4.57 Å². The molecule has 6 rings (SSSR count). The van der Waals surface area contributed by atoms with Gasteiger partial charge in [0.2, 0.25) is 18.1 Å². The summed E-state index contributed by atoms with van der Waals surface area (Å²) in [6, 6.07) is 32.4. The summed E-state index contributed by atoms with van der Waals surface area (Å²) in [6.07, 6.45) is -0.819. The van der Waals surface area contributed by atoms with Gasteiger partial charge in [-0.3, -0.25) is 0 Å². The molecule has 2 aliphatic heterocycles. The summed E-state index contributed by atoms with van der Waals surface area (Å²) in [5.74, 6) is 0.351. The van der Waals surface area contributed by atoms with Gasteiger partial charge in [-0.05, 0) is 16.7 Å². The Kier molecular flexibility index (Phi) is 6.64. The van der Waals surface area contributed by atoms with E-state index in [0.29, 0.717) is 11.8 Å². The van der Waals surface area contributed by atoms with E-state index < -0.39 is 30.1 Å². The number of fused-ring (bicyclic) bond motifs is 3. The lowest BCUT2D eigenvalue weighted by atomic mass is 9.80. The normalized spacial score (nSPS) is 22.2. The van der Waals surface area contributed by atoms with Crippen molar-refractivity contribution in [3.05, 3.63) is 120 Å². The van der Waals surface area contributed by atoms with E-state index in [9.17, 15) is 5.11 Å². The molecule has 1 aromatic heterocycles. The number of benzene rings is 3. The first kappa shape index (κ1) is 24.2. The van der Waals surface area contributed by atoms with E-state index in [-0.39, 0.29) is 19.0 Å². The zero-order chi connectivity index (χ0) is 23.8. The number of anilines is 1. The quantitative estimate of drug-likeness (QED) is 0.284. The van der Waals surface area contributed by atoms with Crippen molar-refractivity contribution in [2.24, 2.45) is 0 Å². The van der Waals surface area contributed by atoms with Gasteiger partial charge >= 0.3 is 6.01 Å². The van der Waals surface area contributed by atoms with Crippen LogP contribution in [0.4, 0.5) is 5.82 Å². The Morgan fingerprint density at radius 2 is 1.39 bits per heavy atom. The predicted molar refractivity (Wildman–Crippen MR) is 128 cm³/mol. The molecule has 7 nitrogen and oxygen atoms in total. The van der Waals surface area contributed by atoms with Gasteiger partial charge in [0.05, 0.1) is 6.61 Å². The third-order valence-electron chi connectivity index (χ3n) is 6.69. The highest BCUT2D eigenvalue weighted by Crippen LogP contribution is 2.42. The second-order valence-electron chi connectivity index (χ2n) is 8.77. The van der Waals surface area contributed by atoms with Crippen molar-refractivity contribution in [3.63, 3.8) is 0 Å². The Hall–Kier alpha value is -3.49. The number of aliphatic hydroxyl groups excluding tert-OH is 1. The molecule has 0 amide bonds. The average molecular weight is 504 g/mol. The molecule has 0 unspecified atom stereocenters. The van der Waals surface area contributed by atoms with E-state index >= 15 is 0 Å². The van der Waals surface area contributed by atoms with Crippen molar-refractivity contribution < 1.29 is 36.3 Å². The Labute approximate surface area is 215 Å². The zero-order valence-corrected chi connectivity index (χ0v) is 20.1. The summed E-state index contributed by atoms with van der Waals surface area (Å²) in [5.41, 5.74) is 7.84. The molecule has 3 aromatic carbocycles. The van der Waals surface area contributed by atoms with Crippen LogP contribution in [0.25, 0.3) is 0 Å². The van der Waals surface area contributed by atoms with Crippen LogP contribution in [-0.2, 0) is 15.1 Å². The predicted octanol–water partition coefficient (Wildman–Crippen LogP) is -0.0167. The molecule has 8 heteroatoms. The highest BCUT2D eigenvalue weighted by atomic mass is 35.5. The second-order valence-corrected chi connectivity index (χ2v) is 8.77. The third kappa shape index (κ3) is 4.00. The molecule has 3 N–H and O–H groups in total. The number of aromatic nitrogens is 2. The van der Waals surface area contributed by atoms with Gasteiger partial charge in [0.15, 0.2) is 0 Å². The number of ether oxygens (including phenoxy) is 3. The van der Waals surface area contributed by atoms with E-state index in [0.717, 1.165) is 16.7 Å². The SMILES string of the molecule is Nc1cc[n+]2c(n1)O[C@H]1[C@H](O)[C@@H](COC(c3ccccc3)(c3ccccc3)c3ccccc3)O[C@H]12.[Cl-]. The monoisotopic (exact) mass is 503 g/mol. The van der Waals surface area contributed by atoms with Crippen LogP contribution in [0.2, 0.25) is 0 Å². The molecule has 4 aromatic rings. The van der Waals surface area contributed by atoms with Gasteiger partial charge in [0.1, 0.15) is 24.0 Å². The lowest BCUT2D eigenvalue weighted by Crippen LogP contribution is -3.00. The first-order valence-electron chi connectivity index (χ1n) is 11.7. The van der Waals surface area contributed by atoms with Crippen LogP contribution in [0, 0.1) is 0 Å². The number of nitrogens with zero attached hydrogens (tertiary/aromatic N) is 2. The second kappa shape index (κ2) is 9.87. The van der Waals surface area contributed by atoms with Crippen LogP contribution < -0.4 is 27.4 Å². The van der Waals surface area contributed by atoms with Crippen LogP contribution in [0.3, 0.4) is 0 Å². The summed E-state index contributed by atoms with van der Waals surface area (Å²) in [6.45, 7) is 0.147. The summed E-state index contributed by atoms with van der Waals surface area (Å²) in [4.78, 5) is 4.20. The molecule has 0 bridgehead atoms. The highest BCUT2D eigenvalue weighted by molar-refractivity contribution is 5.47. The Balaban J connectivity index is 0.00000267. The minimum absolute atomic E-state index is 0. The summed E-state index contributed by atoms with van der Waals surface area (Å²) >= 11 is 0. The fourth-order valence-electron chi connectivity index (χ4n) is 5.01. The van der Waals surface area contributed by atoms with Gasteiger partial charge in [-0.15, -0.1) is 0 Å². The summed E-state index contributed by atoms with van der Waals surface area (Å²) in [5, 5.41) is 11.1. The molecule has 2 aliphatic rings. The lowest BCUT2D eigenvalue weighted by Gasteiger charge is -2.37. The van der Waals surface area contributed by atoms with Crippen LogP contribution >= 0.6 is 0 Å². The molecule has 0 radical (unpaired) electrons. The topological polar surface area (TPSA) is 90.7 Å². The smallest absolute Gasteiger partial charge is 0.503 e. The summed E-state index contributed by atoms with van der Waals surface area (Å²) in [7, 11) is 0. The Bertz CT molecular complexity index is 1210. The standard InChI is InChI=1S/C28H25N3O4.ClH/c29-23-16-17-31-26-25(35-27(31)30-23)24(32)22(34-26)18-33-28(19-10-4-1-5-11-19,20-12-6-2-7-13-20)21-14-8-3-9-15-21;/h1-17,22,24-26,29,32H,18H2;1H/t22-,24-,25+,26-;/m1./s1. The van der Waals surface area contributed by atoms with Gasteiger partial charge in [0, 0.05) is 11.1 Å². The number of hydrogen-bond acceptors (Lipinski definition) is 6. The van der Waals surface area contributed by atoms with Crippen molar-refractivity contribution in [1.29, 1.82) is 0 Å². The van der Waals surface area contributed by atoms with E-state index in [1.165, 1.54) is 0 Å².